The minimum absolute atomic E-state index is 0.0122. The lowest BCUT2D eigenvalue weighted by Gasteiger charge is -2.13. The first-order valence-electron chi connectivity index (χ1n) is 6.65. The average molecular weight is 301 g/mol. The first-order valence-corrected chi connectivity index (χ1v) is 8.27. The predicted molar refractivity (Wildman–Crippen MR) is 81.8 cm³/mol. The molecule has 2 unspecified atom stereocenters. The summed E-state index contributed by atoms with van der Waals surface area (Å²) < 4.78 is 16.8. The van der Waals surface area contributed by atoms with Gasteiger partial charge in [0.05, 0.1) is 6.10 Å². The summed E-state index contributed by atoms with van der Waals surface area (Å²) in [6, 6.07) is 0.277. The van der Waals surface area contributed by atoms with Gasteiger partial charge in [-0.15, -0.1) is 0 Å². The van der Waals surface area contributed by atoms with Crippen molar-refractivity contribution in [2.45, 2.75) is 39.0 Å². The van der Waals surface area contributed by atoms with E-state index in [9.17, 15) is 4.21 Å². The van der Waals surface area contributed by atoms with Gasteiger partial charge in [-0.2, -0.15) is 15.0 Å². The molecule has 1 aromatic heterocycles. The van der Waals surface area contributed by atoms with Gasteiger partial charge in [-0.25, -0.2) is 0 Å². The second-order valence-corrected chi connectivity index (χ2v) is 6.45. The van der Waals surface area contributed by atoms with E-state index in [2.05, 4.69) is 25.6 Å². The third kappa shape index (κ3) is 5.68. The molecule has 1 rings (SSSR count). The molecule has 2 atom stereocenters. The Kier molecular flexibility index (Phi) is 6.63. The summed E-state index contributed by atoms with van der Waals surface area (Å²) in [5.41, 5.74) is 0. The number of hydrogen-bond acceptors (Lipinski definition) is 7. The SMILES string of the molecule is CCNc1nc(NCC(C)S(C)=O)nc(OC(C)C)n1. The Hall–Kier alpha value is -1.44. The molecular formula is C12H23N5O2S. The smallest absolute Gasteiger partial charge is 0.323 e. The van der Waals surface area contributed by atoms with Gasteiger partial charge < -0.3 is 15.4 Å². The average Bonchev–Trinajstić information content (AvgIpc) is 2.35. The fourth-order valence-electron chi connectivity index (χ4n) is 1.29. The monoisotopic (exact) mass is 301 g/mol. The van der Waals surface area contributed by atoms with Crippen molar-refractivity contribution in [3.63, 3.8) is 0 Å². The van der Waals surface area contributed by atoms with E-state index in [0.29, 0.717) is 25.0 Å². The molecule has 0 saturated carbocycles. The maximum absolute atomic E-state index is 11.3. The lowest BCUT2D eigenvalue weighted by atomic mass is 10.5. The van der Waals surface area contributed by atoms with E-state index in [1.165, 1.54) is 0 Å². The van der Waals surface area contributed by atoms with Crippen molar-refractivity contribution in [2.24, 2.45) is 0 Å². The van der Waals surface area contributed by atoms with Crippen LogP contribution in [0.4, 0.5) is 11.9 Å². The summed E-state index contributed by atoms with van der Waals surface area (Å²) >= 11 is 0. The fourth-order valence-corrected chi connectivity index (χ4v) is 1.61. The van der Waals surface area contributed by atoms with Crippen LogP contribution in [0.2, 0.25) is 0 Å². The molecule has 0 radical (unpaired) electrons. The molecule has 0 bridgehead atoms. The first-order chi connectivity index (χ1) is 9.42. The van der Waals surface area contributed by atoms with Gasteiger partial charge in [0, 0.05) is 35.4 Å². The van der Waals surface area contributed by atoms with Crippen molar-refractivity contribution in [3.8, 4) is 6.01 Å². The van der Waals surface area contributed by atoms with Crippen LogP contribution in [-0.2, 0) is 10.8 Å². The highest BCUT2D eigenvalue weighted by atomic mass is 32.2. The summed E-state index contributed by atoms with van der Waals surface area (Å²) in [5, 5.41) is 6.11. The molecule has 0 spiro atoms. The number of rotatable bonds is 8. The molecule has 114 valence electrons. The van der Waals surface area contributed by atoms with Crippen molar-refractivity contribution < 1.29 is 8.95 Å². The number of nitrogens with one attached hydrogen (secondary N) is 2. The van der Waals surface area contributed by atoms with Crippen LogP contribution >= 0.6 is 0 Å². The van der Waals surface area contributed by atoms with Crippen LogP contribution in [0.25, 0.3) is 0 Å². The molecule has 1 aromatic rings. The summed E-state index contributed by atoms with van der Waals surface area (Å²) in [7, 11) is -0.888. The maximum atomic E-state index is 11.3. The number of anilines is 2. The van der Waals surface area contributed by atoms with Gasteiger partial charge in [0.2, 0.25) is 11.9 Å². The minimum atomic E-state index is -0.888. The Labute approximate surface area is 122 Å². The highest BCUT2D eigenvalue weighted by molar-refractivity contribution is 7.84. The summed E-state index contributed by atoms with van der Waals surface area (Å²) in [6.45, 7) is 8.92. The van der Waals surface area contributed by atoms with Crippen molar-refractivity contribution >= 4 is 22.7 Å². The van der Waals surface area contributed by atoms with Crippen LogP contribution in [0.5, 0.6) is 6.01 Å². The normalized spacial score (nSPS) is 13.9. The van der Waals surface area contributed by atoms with Crippen LogP contribution in [0.15, 0.2) is 0 Å². The Morgan fingerprint density at radius 3 is 2.25 bits per heavy atom. The summed E-state index contributed by atoms with van der Waals surface area (Å²) in [5.74, 6) is 0.884. The predicted octanol–water partition coefficient (Wildman–Crippen LogP) is 1.27. The molecule has 0 aliphatic carbocycles. The van der Waals surface area contributed by atoms with Crippen LogP contribution in [-0.4, -0.2) is 49.9 Å². The second kappa shape index (κ2) is 7.98. The van der Waals surface area contributed by atoms with E-state index in [1.807, 2.05) is 27.7 Å². The minimum Gasteiger partial charge on any atom is -0.461 e. The molecule has 7 nitrogen and oxygen atoms in total. The van der Waals surface area contributed by atoms with Gasteiger partial charge in [-0.05, 0) is 27.7 Å². The largest absolute Gasteiger partial charge is 0.461 e. The van der Waals surface area contributed by atoms with Crippen molar-refractivity contribution in [1.29, 1.82) is 0 Å². The van der Waals surface area contributed by atoms with Crippen LogP contribution < -0.4 is 15.4 Å². The maximum Gasteiger partial charge on any atom is 0.323 e. The third-order valence-electron chi connectivity index (χ3n) is 2.41. The fraction of sp³-hybridized carbons (Fsp3) is 0.750. The number of hydrogen-bond donors (Lipinski definition) is 2. The zero-order chi connectivity index (χ0) is 15.1. The topological polar surface area (TPSA) is 89.0 Å². The van der Waals surface area contributed by atoms with Crippen LogP contribution in [0.1, 0.15) is 27.7 Å². The van der Waals surface area contributed by atoms with E-state index in [-0.39, 0.29) is 17.4 Å². The third-order valence-corrected chi connectivity index (χ3v) is 3.71. The van der Waals surface area contributed by atoms with Gasteiger partial charge in [-0.3, -0.25) is 4.21 Å². The lowest BCUT2D eigenvalue weighted by Crippen LogP contribution is -2.22. The van der Waals surface area contributed by atoms with Gasteiger partial charge >= 0.3 is 6.01 Å². The second-order valence-electron chi connectivity index (χ2n) is 4.65. The summed E-state index contributed by atoms with van der Waals surface area (Å²) in [6.07, 6.45) is 1.67. The molecule has 0 fully saturated rings. The number of nitrogens with zero attached hydrogens (tertiary/aromatic N) is 3. The summed E-state index contributed by atoms with van der Waals surface area (Å²) in [4.78, 5) is 12.6. The van der Waals surface area contributed by atoms with E-state index >= 15 is 0 Å². The van der Waals surface area contributed by atoms with Gasteiger partial charge in [0.1, 0.15) is 0 Å². The van der Waals surface area contributed by atoms with E-state index in [1.54, 1.807) is 6.26 Å². The highest BCUT2D eigenvalue weighted by Crippen LogP contribution is 2.12. The Morgan fingerprint density at radius 2 is 1.75 bits per heavy atom. The Morgan fingerprint density at radius 1 is 1.15 bits per heavy atom. The van der Waals surface area contributed by atoms with Crippen molar-refractivity contribution in [2.75, 3.05) is 30.0 Å². The van der Waals surface area contributed by atoms with Gasteiger partial charge in [0.25, 0.3) is 0 Å². The van der Waals surface area contributed by atoms with Crippen molar-refractivity contribution in [1.82, 2.24) is 15.0 Å². The molecule has 1 heterocycles. The molecule has 0 saturated heterocycles. The van der Waals surface area contributed by atoms with Crippen LogP contribution in [0, 0.1) is 0 Å². The van der Waals surface area contributed by atoms with Gasteiger partial charge in [0.15, 0.2) is 0 Å². The molecule has 0 aliphatic rings. The molecule has 0 amide bonds. The molecule has 8 heteroatoms. The molecular weight excluding hydrogens is 278 g/mol. The zero-order valence-corrected chi connectivity index (χ0v) is 13.5. The van der Waals surface area contributed by atoms with Crippen LogP contribution in [0.3, 0.4) is 0 Å². The number of ether oxygens (including phenoxy) is 1. The van der Waals surface area contributed by atoms with Crippen molar-refractivity contribution in [3.05, 3.63) is 0 Å². The number of aromatic nitrogens is 3. The first kappa shape index (κ1) is 16.6. The Bertz CT molecular complexity index is 455. The van der Waals surface area contributed by atoms with E-state index in [4.69, 9.17) is 4.74 Å². The lowest BCUT2D eigenvalue weighted by molar-refractivity contribution is 0.222. The van der Waals surface area contributed by atoms with E-state index in [0.717, 1.165) is 0 Å². The zero-order valence-electron chi connectivity index (χ0n) is 12.6. The highest BCUT2D eigenvalue weighted by Gasteiger charge is 2.11. The van der Waals surface area contributed by atoms with Gasteiger partial charge in [-0.1, -0.05) is 0 Å². The molecule has 0 aliphatic heterocycles. The quantitative estimate of drug-likeness (QED) is 0.747. The molecule has 20 heavy (non-hydrogen) atoms. The molecule has 0 aromatic carbocycles. The standard InChI is InChI=1S/C12H23N5O2S/c1-6-13-10-15-11(14-7-9(4)20(5)18)17-12(16-10)19-8(2)3/h8-9H,6-7H2,1-5H3,(H2,13,14,15,16,17). The molecule has 2 N–H and O–H groups in total. The Balaban J connectivity index is 2.82. The van der Waals surface area contributed by atoms with E-state index < -0.39 is 10.8 Å².